The number of rotatable bonds is 5. The van der Waals surface area contributed by atoms with Gasteiger partial charge in [0.1, 0.15) is 0 Å². The van der Waals surface area contributed by atoms with E-state index in [1.54, 1.807) is 0 Å². The van der Waals surface area contributed by atoms with Gasteiger partial charge in [0.15, 0.2) is 0 Å². The molecule has 0 radical (unpaired) electrons. The van der Waals surface area contributed by atoms with Crippen molar-refractivity contribution in [3.05, 3.63) is 0 Å². The Morgan fingerprint density at radius 3 is 2.65 bits per heavy atom. The van der Waals surface area contributed by atoms with Crippen molar-refractivity contribution in [3.8, 4) is 0 Å². The second kappa shape index (κ2) is 4.49. The van der Waals surface area contributed by atoms with Gasteiger partial charge in [-0.25, -0.2) is 0 Å². The molecule has 2 bridgehead atoms. The summed E-state index contributed by atoms with van der Waals surface area (Å²) < 4.78 is 0. The van der Waals surface area contributed by atoms with E-state index in [2.05, 4.69) is 17.9 Å². The molecule has 1 amide bonds. The Kier molecular flexibility index (Phi) is 3.14. The van der Waals surface area contributed by atoms with E-state index in [9.17, 15) is 4.79 Å². The van der Waals surface area contributed by atoms with E-state index in [4.69, 9.17) is 0 Å². The number of amides is 1. The first kappa shape index (κ1) is 11.9. The zero-order valence-corrected chi connectivity index (χ0v) is 11.3. The van der Waals surface area contributed by atoms with Gasteiger partial charge in [0.2, 0.25) is 5.91 Å². The monoisotopic (exact) mass is 253 g/mol. The van der Waals surface area contributed by atoms with Crippen LogP contribution in [0.2, 0.25) is 0 Å². The van der Waals surface area contributed by atoms with Gasteiger partial charge in [-0.2, -0.15) is 12.6 Å². The molecule has 0 aromatic heterocycles. The van der Waals surface area contributed by atoms with Crippen LogP contribution in [-0.4, -0.2) is 18.2 Å². The fourth-order valence-electron chi connectivity index (χ4n) is 3.84. The van der Waals surface area contributed by atoms with Crippen molar-refractivity contribution in [1.29, 1.82) is 0 Å². The molecule has 2 nitrogen and oxygen atoms in total. The van der Waals surface area contributed by atoms with Crippen molar-refractivity contribution in [3.63, 3.8) is 0 Å². The molecule has 3 heteroatoms. The van der Waals surface area contributed by atoms with Gasteiger partial charge in [-0.3, -0.25) is 4.79 Å². The number of thiol groups is 1. The average molecular weight is 253 g/mol. The van der Waals surface area contributed by atoms with Crippen LogP contribution in [0.4, 0.5) is 0 Å². The summed E-state index contributed by atoms with van der Waals surface area (Å²) in [6, 6.07) is 0. The number of carbonyl (C=O) groups is 1. The molecule has 3 aliphatic carbocycles. The van der Waals surface area contributed by atoms with Crippen LogP contribution < -0.4 is 5.32 Å². The summed E-state index contributed by atoms with van der Waals surface area (Å²) in [5, 5.41) is 3.17. The number of nitrogens with one attached hydrogen (secondary N) is 1. The van der Waals surface area contributed by atoms with Gasteiger partial charge in [-0.05, 0) is 61.0 Å². The minimum absolute atomic E-state index is 0.263. The fraction of sp³-hybridized carbons (Fsp3) is 0.929. The zero-order chi connectivity index (χ0) is 11.9. The first-order valence-corrected chi connectivity index (χ1v) is 7.72. The predicted molar refractivity (Wildman–Crippen MR) is 72.1 cm³/mol. The molecule has 0 aromatic carbocycles. The lowest BCUT2D eigenvalue weighted by molar-refractivity contribution is -0.122. The van der Waals surface area contributed by atoms with Crippen molar-refractivity contribution in [2.45, 2.75) is 44.9 Å². The van der Waals surface area contributed by atoms with Crippen molar-refractivity contribution in [2.75, 3.05) is 12.3 Å². The summed E-state index contributed by atoms with van der Waals surface area (Å²) >= 11 is 4.35. The molecule has 3 fully saturated rings. The highest BCUT2D eigenvalue weighted by Crippen LogP contribution is 2.50. The SMILES string of the molecule is O=C(CC1(CS)CC1)NCC1CC2CCC1C2. The summed E-state index contributed by atoms with van der Waals surface area (Å²) in [7, 11) is 0. The Morgan fingerprint density at radius 1 is 1.29 bits per heavy atom. The maximum atomic E-state index is 11.9. The van der Waals surface area contributed by atoms with E-state index in [1.165, 1.54) is 38.5 Å². The highest BCUT2D eigenvalue weighted by atomic mass is 32.1. The number of hydrogen-bond donors (Lipinski definition) is 2. The third-order valence-corrected chi connectivity index (χ3v) is 5.94. The summed E-state index contributed by atoms with van der Waals surface area (Å²) in [6.07, 6.45) is 8.74. The molecule has 0 saturated heterocycles. The van der Waals surface area contributed by atoms with Gasteiger partial charge in [-0.15, -0.1) is 0 Å². The number of hydrogen-bond acceptors (Lipinski definition) is 2. The van der Waals surface area contributed by atoms with E-state index in [-0.39, 0.29) is 11.3 Å². The molecular weight excluding hydrogens is 230 g/mol. The van der Waals surface area contributed by atoms with Gasteiger partial charge in [-0.1, -0.05) is 6.42 Å². The molecule has 3 rings (SSSR count). The molecule has 17 heavy (non-hydrogen) atoms. The first-order valence-electron chi connectivity index (χ1n) is 7.08. The van der Waals surface area contributed by atoms with Crippen LogP contribution in [0.3, 0.4) is 0 Å². The third-order valence-electron chi connectivity index (χ3n) is 5.27. The van der Waals surface area contributed by atoms with Crippen LogP contribution >= 0.6 is 12.6 Å². The standard InChI is InChI=1S/C14H23NOS/c16-13(7-14(9-17)3-4-14)15-8-12-6-10-1-2-11(12)5-10/h10-12,17H,1-9H2,(H,15,16). The Labute approximate surface area is 109 Å². The molecule has 3 atom stereocenters. The van der Waals surface area contributed by atoms with Crippen LogP contribution in [0.5, 0.6) is 0 Å². The van der Waals surface area contributed by atoms with E-state index in [0.29, 0.717) is 6.42 Å². The summed E-state index contributed by atoms with van der Waals surface area (Å²) in [6.45, 7) is 0.933. The first-order chi connectivity index (χ1) is 8.21. The van der Waals surface area contributed by atoms with Crippen molar-refractivity contribution >= 4 is 18.5 Å². The van der Waals surface area contributed by atoms with Crippen LogP contribution in [-0.2, 0) is 4.79 Å². The number of fused-ring (bicyclic) bond motifs is 2. The molecule has 3 saturated carbocycles. The number of carbonyl (C=O) groups excluding carboxylic acids is 1. The molecule has 0 spiro atoms. The van der Waals surface area contributed by atoms with E-state index >= 15 is 0 Å². The van der Waals surface area contributed by atoms with E-state index in [0.717, 1.165) is 30.1 Å². The fourth-order valence-corrected chi connectivity index (χ4v) is 4.27. The summed E-state index contributed by atoms with van der Waals surface area (Å²) in [5.41, 5.74) is 0.266. The average Bonchev–Trinajstić information content (AvgIpc) is 2.81. The molecule has 0 aromatic rings. The largest absolute Gasteiger partial charge is 0.356 e. The lowest BCUT2D eigenvalue weighted by Crippen LogP contribution is -2.33. The maximum absolute atomic E-state index is 11.9. The van der Waals surface area contributed by atoms with Crippen LogP contribution in [0.15, 0.2) is 0 Å². The Balaban J connectivity index is 1.41. The molecule has 0 aliphatic heterocycles. The smallest absolute Gasteiger partial charge is 0.220 e. The van der Waals surface area contributed by atoms with Gasteiger partial charge in [0.25, 0.3) is 0 Å². The van der Waals surface area contributed by atoms with Gasteiger partial charge < -0.3 is 5.32 Å². The van der Waals surface area contributed by atoms with Gasteiger partial charge in [0, 0.05) is 13.0 Å². The van der Waals surface area contributed by atoms with Crippen LogP contribution in [0.25, 0.3) is 0 Å². The predicted octanol–water partition coefficient (Wildman–Crippen LogP) is 2.64. The normalized spacial score (nSPS) is 37.1. The second-order valence-electron chi connectivity index (χ2n) is 6.57. The topological polar surface area (TPSA) is 29.1 Å². The molecule has 0 heterocycles. The second-order valence-corrected chi connectivity index (χ2v) is 6.89. The minimum atomic E-state index is 0.263. The maximum Gasteiger partial charge on any atom is 0.220 e. The highest BCUT2D eigenvalue weighted by Gasteiger charge is 2.43. The summed E-state index contributed by atoms with van der Waals surface area (Å²) in [5.74, 6) is 3.81. The van der Waals surface area contributed by atoms with Crippen molar-refractivity contribution in [2.24, 2.45) is 23.2 Å². The van der Waals surface area contributed by atoms with Crippen LogP contribution in [0, 0.1) is 23.2 Å². The molecule has 3 unspecified atom stereocenters. The van der Waals surface area contributed by atoms with Gasteiger partial charge in [0.05, 0.1) is 0 Å². The van der Waals surface area contributed by atoms with Crippen molar-refractivity contribution < 1.29 is 4.79 Å². The summed E-state index contributed by atoms with van der Waals surface area (Å²) in [4.78, 5) is 11.9. The Hall–Kier alpha value is -0.180. The van der Waals surface area contributed by atoms with E-state index in [1.807, 2.05) is 0 Å². The lowest BCUT2D eigenvalue weighted by Gasteiger charge is -2.22. The highest BCUT2D eigenvalue weighted by molar-refractivity contribution is 7.80. The van der Waals surface area contributed by atoms with Crippen molar-refractivity contribution in [1.82, 2.24) is 5.32 Å². The minimum Gasteiger partial charge on any atom is -0.356 e. The molecule has 1 N–H and O–H groups in total. The Bertz CT molecular complexity index is 313. The third kappa shape index (κ3) is 2.49. The Morgan fingerprint density at radius 2 is 2.12 bits per heavy atom. The molecule has 3 aliphatic rings. The van der Waals surface area contributed by atoms with Crippen LogP contribution in [0.1, 0.15) is 44.9 Å². The lowest BCUT2D eigenvalue weighted by atomic mass is 9.89. The van der Waals surface area contributed by atoms with Gasteiger partial charge >= 0.3 is 0 Å². The quantitative estimate of drug-likeness (QED) is 0.725. The molecular formula is C14H23NOS. The zero-order valence-electron chi connectivity index (χ0n) is 10.5. The van der Waals surface area contributed by atoms with E-state index < -0.39 is 0 Å². The molecule has 96 valence electrons.